The lowest BCUT2D eigenvalue weighted by atomic mass is 10.2. The summed E-state index contributed by atoms with van der Waals surface area (Å²) in [5.41, 5.74) is 0. The lowest BCUT2D eigenvalue weighted by molar-refractivity contribution is 0.388. The molecule has 1 aromatic heterocycles. The van der Waals surface area contributed by atoms with E-state index in [4.69, 9.17) is 0 Å². The van der Waals surface area contributed by atoms with Gasteiger partial charge < -0.3 is 0 Å². The molecule has 0 fully saturated rings. The number of thiophene rings is 1. The van der Waals surface area contributed by atoms with Crippen LogP contribution >= 0.6 is 27.3 Å². The molecule has 0 bridgehead atoms. The van der Waals surface area contributed by atoms with Crippen LogP contribution in [0.15, 0.2) is 51.1 Å². The van der Waals surface area contributed by atoms with Crippen LogP contribution < -0.4 is 0 Å². The van der Waals surface area contributed by atoms with Gasteiger partial charge in [-0.25, -0.2) is 8.42 Å². The smallest absolute Gasteiger partial charge is 0.207 e. The first-order valence-corrected chi connectivity index (χ1v) is 9.28. The van der Waals surface area contributed by atoms with Crippen LogP contribution in [0.25, 0.3) is 0 Å². The maximum atomic E-state index is 12.5. The van der Waals surface area contributed by atoms with Crippen molar-refractivity contribution in [3.63, 3.8) is 0 Å². The first-order chi connectivity index (χ1) is 9.41. The molecule has 1 heterocycles. The summed E-state index contributed by atoms with van der Waals surface area (Å²) in [6, 6.07) is 10.6. The molecule has 0 saturated carbocycles. The third-order valence-electron chi connectivity index (χ3n) is 3.19. The summed E-state index contributed by atoms with van der Waals surface area (Å²) in [6.07, 6.45) is 0.726. The molecule has 0 N–H and O–H groups in total. The van der Waals surface area contributed by atoms with E-state index in [0.29, 0.717) is 4.90 Å². The summed E-state index contributed by atoms with van der Waals surface area (Å²) in [4.78, 5) is 1.51. The summed E-state index contributed by atoms with van der Waals surface area (Å²) in [7, 11) is -1.81. The number of halogens is 1. The van der Waals surface area contributed by atoms with E-state index in [2.05, 4.69) is 15.9 Å². The fourth-order valence-corrected chi connectivity index (χ4v) is 4.31. The van der Waals surface area contributed by atoms with Gasteiger partial charge in [0.25, 0.3) is 0 Å². The Morgan fingerprint density at radius 1 is 1.25 bits per heavy atom. The van der Waals surface area contributed by atoms with E-state index in [1.165, 1.54) is 9.18 Å². The van der Waals surface area contributed by atoms with Crippen LogP contribution in [0.4, 0.5) is 0 Å². The quantitative estimate of drug-likeness (QED) is 0.799. The van der Waals surface area contributed by atoms with Crippen LogP contribution in [0.5, 0.6) is 0 Å². The normalized spacial score (nSPS) is 13.6. The molecular formula is C14H16BrNO2S2. The lowest BCUT2D eigenvalue weighted by Crippen LogP contribution is -2.36. The maximum absolute atomic E-state index is 12.5. The van der Waals surface area contributed by atoms with E-state index in [0.717, 1.165) is 10.9 Å². The molecular weight excluding hydrogens is 358 g/mol. The monoisotopic (exact) mass is 373 g/mol. The average molecular weight is 374 g/mol. The first-order valence-electron chi connectivity index (χ1n) is 6.17. The lowest BCUT2D eigenvalue weighted by Gasteiger charge is -2.24. The predicted octanol–water partition coefficient (Wildman–Crippen LogP) is 3.76. The SMILES string of the molecule is CC(Cc1cccs1)N(C)S(=O)(=O)c1ccc(Br)cc1. The highest BCUT2D eigenvalue weighted by Gasteiger charge is 2.25. The molecule has 0 aliphatic rings. The number of benzene rings is 1. The molecule has 0 aliphatic heterocycles. The van der Waals surface area contributed by atoms with Crippen LogP contribution in [-0.2, 0) is 16.4 Å². The van der Waals surface area contributed by atoms with Crippen molar-refractivity contribution < 1.29 is 8.42 Å². The number of hydrogen-bond donors (Lipinski definition) is 0. The van der Waals surface area contributed by atoms with Gasteiger partial charge in [0.15, 0.2) is 0 Å². The highest BCUT2D eigenvalue weighted by atomic mass is 79.9. The fourth-order valence-electron chi connectivity index (χ4n) is 1.86. The molecule has 1 atom stereocenters. The van der Waals surface area contributed by atoms with E-state index < -0.39 is 10.0 Å². The zero-order chi connectivity index (χ0) is 14.8. The van der Waals surface area contributed by atoms with Gasteiger partial charge in [-0.05, 0) is 49.1 Å². The Labute approximate surface area is 132 Å². The van der Waals surface area contributed by atoms with Crippen LogP contribution in [0.3, 0.4) is 0 Å². The van der Waals surface area contributed by atoms with Gasteiger partial charge in [-0.15, -0.1) is 11.3 Å². The molecule has 2 aromatic rings. The average Bonchev–Trinajstić information content (AvgIpc) is 2.91. The second-order valence-corrected chi connectivity index (χ2v) is 8.55. The highest BCUT2D eigenvalue weighted by molar-refractivity contribution is 9.10. The summed E-state index contributed by atoms with van der Waals surface area (Å²) in [5.74, 6) is 0. The van der Waals surface area contributed by atoms with Gasteiger partial charge in [0.1, 0.15) is 0 Å². The largest absolute Gasteiger partial charge is 0.243 e. The molecule has 2 rings (SSSR count). The third kappa shape index (κ3) is 3.49. The first kappa shape index (κ1) is 15.7. The Morgan fingerprint density at radius 3 is 2.45 bits per heavy atom. The number of nitrogens with zero attached hydrogens (tertiary/aromatic N) is 1. The van der Waals surface area contributed by atoms with Crippen LogP contribution in [0.1, 0.15) is 11.8 Å². The summed E-state index contributed by atoms with van der Waals surface area (Å²) in [5, 5.41) is 2.01. The summed E-state index contributed by atoms with van der Waals surface area (Å²) in [6.45, 7) is 1.93. The van der Waals surface area contributed by atoms with Gasteiger partial charge in [0.2, 0.25) is 10.0 Å². The topological polar surface area (TPSA) is 37.4 Å². The Kier molecular flexibility index (Phi) is 5.01. The van der Waals surface area contributed by atoms with E-state index in [9.17, 15) is 8.42 Å². The zero-order valence-electron chi connectivity index (χ0n) is 11.3. The number of sulfonamides is 1. The van der Waals surface area contributed by atoms with Crippen molar-refractivity contribution in [1.82, 2.24) is 4.31 Å². The molecule has 0 amide bonds. The molecule has 0 saturated heterocycles. The Balaban J connectivity index is 2.18. The highest BCUT2D eigenvalue weighted by Crippen LogP contribution is 2.21. The van der Waals surface area contributed by atoms with E-state index in [1.807, 2.05) is 24.4 Å². The Bertz CT molecular complexity index is 651. The third-order valence-corrected chi connectivity index (χ3v) is 6.60. The van der Waals surface area contributed by atoms with Crippen molar-refractivity contribution in [3.8, 4) is 0 Å². The standard InChI is InChI=1S/C14H16BrNO2S2/c1-11(10-13-4-3-9-19-13)16(2)20(17,18)14-7-5-12(15)6-8-14/h3-9,11H,10H2,1-2H3. The second-order valence-electron chi connectivity index (χ2n) is 4.61. The van der Waals surface area contributed by atoms with Gasteiger partial charge in [0, 0.05) is 22.4 Å². The van der Waals surface area contributed by atoms with E-state index in [-0.39, 0.29) is 6.04 Å². The maximum Gasteiger partial charge on any atom is 0.243 e. The number of likely N-dealkylation sites (N-methyl/N-ethyl adjacent to an activating group) is 1. The molecule has 1 unspecified atom stereocenters. The van der Waals surface area contributed by atoms with Crippen molar-refractivity contribution in [2.24, 2.45) is 0 Å². The summed E-state index contributed by atoms with van der Waals surface area (Å²) < 4.78 is 27.4. The van der Waals surface area contributed by atoms with Gasteiger partial charge >= 0.3 is 0 Å². The molecule has 6 heteroatoms. The second kappa shape index (κ2) is 6.39. The van der Waals surface area contributed by atoms with Crippen LogP contribution in [0.2, 0.25) is 0 Å². The van der Waals surface area contributed by atoms with Crippen molar-refractivity contribution >= 4 is 37.3 Å². The Hall–Kier alpha value is -0.690. The fraction of sp³-hybridized carbons (Fsp3) is 0.286. The van der Waals surface area contributed by atoms with E-state index in [1.54, 1.807) is 42.6 Å². The number of hydrogen-bond acceptors (Lipinski definition) is 3. The van der Waals surface area contributed by atoms with Crippen molar-refractivity contribution in [1.29, 1.82) is 0 Å². The van der Waals surface area contributed by atoms with Crippen molar-refractivity contribution in [2.45, 2.75) is 24.3 Å². The number of rotatable bonds is 5. The van der Waals surface area contributed by atoms with Gasteiger partial charge in [-0.2, -0.15) is 4.31 Å². The van der Waals surface area contributed by atoms with Gasteiger partial charge in [-0.1, -0.05) is 22.0 Å². The summed E-state index contributed by atoms with van der Waals surface area (Å²) >= 11 is 4.96. The zero-order valence-corrected chi connectivity index (χ0v) is 14.5. The molecule has 3 nitrogen and oxygen atoms in total. The molecule has 0 spiro atoms. The van der Waals surface area contributed by atoms with Crippen molar-refractivity contribution in [3.05, 3.63) is 51.1 Å². The van der Waals surface area contributed by atoms with Gasteiger partial charge in [0.05, 0.1) is 4.90 Å². The van der Waals surface area contributed by atoms with Crippen LogP contribution in [0, 0.1) is 0 Å². The Morgan fingerprint density at radius 2 is 1.90 bits per heavy atom. The molecule has 0 radical (unpaired) electrons. The minimum atomic E-state index is -3.44. The van der Waals surface area contributed by atoms with Crippen molar-refractivity contribution in [2.75, 3.05) is 7.05 Å². The molecule has 1 aromatic carbocycles. The van der Waals surface area contributed by atoms with E-state index >= 15 is 0 Å². The van der Waals surface area contributed by atoms with Gasteiger partial charge in [-0.3, -0.25) is 0 Å². The minimum Gasteiger partial charge on any atom is -0.207 e. The van der Waals surface area contributed by atoms with Crippen LogP contribution in [-0.4, -0.2) is 25.8 Å². The molecule has 108 valence electrons. The predicted molar refractivity (Wildman–Crippen MR) is 86.6 cm³/mol. The molecule has 20 heavy (non-hydrogen) atoms. The molecule has 0 aliphatic carbocycles. The minimum absolute atomic E-state index is 0.0812.